The molecule has 1 aliphatic heterocycles. The van der Waals surface area contributed by atoms with Gasteiger partial charge in [0.15, 0.2) is 0 Å². The van der Waals surface area contributed by atoms with Crippen LogP contribution >= 0.6 is 0 Å². The topological polar surface area (TPSA) is 29.5 Å². The van der Waals surface area contributed by atoms with Gasteiger partial charge in [0.05, 0.1) is 18.5 Å². The van der Waals surface area contributed by atoms with Crippen molar-refractivity contribution < 1.29 is 9.53 Å². The van der Waals surface area contributed by atoms with Crippen molar-refractivity contribution in [3.8, 4) is 5.75 Å². The summed E-state index contributed by atoms with van der Waals surface area (Å²) >= 11 is 0. The molecule has 3 rings (SSSR count). The molecule has 0 aliphatic carbocycles. The highest BCUT2D eigenvalue weighted by atomic mass is 16.5. The molecule has 2 aromatic carbocycles. The average Bonchev–Trinajstić information content (AvgIpc) is 2.53. The number of ether oxygens (including phenoxy) is 1. The van der Waals surface area contributed by atoms with E-state index in [1.807, 2.05) is 41.3 Å². The number of carbonyl (C=O) groups excluding carboxylic acids is 1. The van der Waals surface area contributed by atoms with Crippen molar-refractivity contribution in [3.63, 3.8) is 0 Å². The second-order valence-corrected chi connectivity index (χ2v) is 6.99. The lowest BCUT2D eigenvalue weighted by atomic mass is 9.84. The second-order valence-electron chi connectivity index (χ2n) is 6.99. The van der Waals surface area contributed by atoms with Crippen LogP contribution in [0.25, 0.3) is 0 Å². The van der Waals surface area contributed by atoms with Crippen LogP contribution in [0.15, 0.2) is 42.5 Å². The predicted molar refractivity (Wildman–Crippen MR) is 93.6 cm³/mol. The molecule has 120 valence electrons. The van der Waals surface area contributed by atoms with Gasteiger partial charge >= 0.3 is 0 Å². The van der Waals surface area contributed by atoms with Crippen molar-refractivity contribution in [1.82, 2.24) is 0 Å². The van der Waals surface area contributed by atoms with Crippen LogP contribution < -0.4 is 9.64 Å². The van der Waals surface area contributed by atoms with Gasteiger partial charge in [-0.25, -0.2) is 0 Å². The first kappa shape index (κ1) is 15.6. The molecule has 2 aromatic rings. The highest BCUT2D eigenvalue weighted by Crippen LogP contribution is 2.41. The molecule has 0 unspecified atom stereocenters. The van der Waals surface area contributed by atoms with E-state index in [4.69, 9.17) is 4.74 Å². The smallest absolute Gasteiger partial charge is 0.231 e. The first-order chi connectivity index (χ1) is 10.9. The summed E-state index contributed by atoms with van der Waals surface area (Å²) in [6.45, 7) is 6.48. The van der Waals surface area contributed by atoms with E-state index in [1.165, 1.54) is 5.56 Å². The molecular formula is C20H23NO2. The number of methoxy groups -OCH3 is 1. The molecule has 1 amide bonds. The van der Waals surface area contributed by atoms with Gasteiger partial charge in [-0.1, -0.05) is 39.0 Å². The lowest BCUT2D eigenvalue weighted by Gasteiger charge is -2.34. The number of hydrogen-bond acceptors (Lipinski definition) is 2. The third-order valence-electron chi connectivity index (χ3n) is 4.34. The van der Waals surface area contributed by atoms with Crippen LogP contribution in [-0.4, -0.2) is 13.0 Å². The number of rotatable bonds is 2. The Morgan fingerprint density at radius 3 is 2.43 bits per heavy atom. The molecule has 0 bridgehead atoms. The van der Waals surface area contributed by atoms with Gasteiger partial charge in [0.25, 0.3) is 0 Å². The largest absolute Gasteiger partial charge is 0.497 e. The van der Waals surface area contributed by atoms with Crippen molar-refractivity contribution in [2.24, 2.45) is 0 Å². The van der Waals surface area contributed by atoms with Crippen molar-refractivity contribution in [1.29, 1.82) is 0 Å². The maximum Gasteiger partial charge on any atom is 0.231 e. The number of amides is 1. The van der Waals surface area contributed by atoms with Gasteiger partial charge in [0.1, 0.15) is 5.75 Å². The summed E-state index contributed by atoms with van der Waals surface area (Å²) in [5.41, 5.74) is 4.20. The van der Waals surface area contributed by atoms with Crippen LogP contribution in [-0.2, 0) is 16.6 Å². The number of hydrogen-bond donors (Lipinski definition) is 0. The van der Waals surface area contributed by atoms with Crippen LogP contribution in [0, 0.1) is 0 Å². The Morgan fingerprint density at radius 1 is 1.00 bits per heavy atom. The van der Waals surface area contributed by atoms with Gasteiger partial charge < -0.3 is 4.74 Å². The number of aryl methyl sites for hydroxylation is 1. The van der Waals surface area contributed by atoms with Gasteiger partial charge in [-0.05, 0) is 47.2 Å². The molecule has 0 aromatic heterocycles. The van der Waals surface area contributed by atoms with Crippen LogP contribution in [0.2, 0.25) is 0 Å². The minimum Gasteiger partial charge on any atom is -0.497 e. The van der Waals surface area contributed by atoms with Gasteiger partial charge in [-0.3, -0.25) is 9.69 Å². The Bertz CT molecular complexity index is 744. The molecule has 3 heteroatoms. The standard InChI is InChI=1S/C20H23NO2/c1-20(2,3)16-13-15(23-4)10-11-18(16)21-17-8-6-5-7-14(17)9-12-19(21)22/h5-8,10-11,13H,9,12H2,1-4H3. The number of fused-ring (bicyclic) bond motifs is 1. The fourth-order valence-corrected chi connectivity index (χ4v) is 3.13. The predicted octanol–water partition coefficient (Wildman–Crippen LogP) is 4.60. The van der Waals surface area contributed by atoms with Gasteiger partial charge in [0.2, 0.25) is 5.91 Å². The molecule has 0 saturated heterocycles. The van der Waals surface area contributed by atoms with Crippen molar-refractivity contribution in [3.05, 3.63) is 53.6 Å². The number of nitrogens with zero attached hydrogens (tertiary/aromatic N) is 1. The fourth-order valence-electron chi connectivity index (χ4n) is 3.13. The average molecular weight is 309 g/mol. The monoisotopic (exact) mass is 309 g/mol. The van der Waals surface area contributed by atoms with Crippen LogP contribution in [0.4, 0.5) is 11.4 Å². The molecular weight excluding hydrogens is 286 g/mol. The summed E-state index contributed by atoms with van der Waals surface area (Å²) in [4.78, 5) is 14.6. The zero-order valence-corrected chi connectivity index (χ0v) is 14.2. The molecule has 1 heterocycles. The van der Waals surface area contributed by atoms with E-state index in [2.05, 4.69) is 26.8 Å². The number of anilines is 2. The minimum atomic E-state index is -0.0868. The summed E-state index contributed by atoms with van der Waals surface area (Å²) in [7, 11) is 1.67. The van der Waals surface area contributed by atoms with Crippen LogP contribution in [0.1, 0.15) is 38.3 Å². The first-order valence-corrected chi connectivity index (χ1v) is 8.01. The zero-order valence-electron chi connectivity index (χ0n) is 14.2. The van der Waals surface area contributed by atoms with E-state index in [0.29, 0.717) is 6.42 Å². The third kappa shape index (κ3) is 2.83. The van der Waals surface area contributed by atoms with Crippen molar-refractivity contribution >= 4 is 17.3 Å². The Hall–Kier alpha value is -2.29. The Morgan fingerprint density at radius 2 is 1.74 bits per heavy atom. The van der Waals surface area contributed by atoms with E-state index in [-0.39, 0.29) is 11.3 Å². The first-order valence-electron chi connectivity index (χ1n) is 8.01. The Balaban J connectivity index is 2.20. The normalized spacial score (nSPS) is 14.6. The van der Waals surface area contributed by atoms with Gasteiger partial charge in [-0.2, -0.15) is 0 Å². The maximum atomic E-state index is 12.7. The number of benzene rings is 2. The van der Waals surface area contributed by atoms with E-state index in [1.54, 1.807) is 7.11 Å². The number of para-hydroxylation sites is 1. The molecule has 3 nitrogen and oxygen atoms in total. The lowest BCUT2D eigenvalue weighted by molar-refractivity contribution is -0.118. The fraction of sp³-hybridized carbons (Fsp3) is 0.350. The van der Waals surface area contributed by atoms with E-state index < -0.39 is 0 Å². The highest BCUT2D eigenvalue weighted by Gasteiger charge is 2.30. The summed E-state index contributed by atoms with van der Waals surface area (Å²) in [5, 5.41) is 0. The Kier molecular flexibility index (Phi) is 3.88. The minimum absolute atomic E-state index is 0.0868. The summed E-state index contributed by atoms with van der Waals surface area (Å²) in [6.07, 6.45) is 1.36. The van der Waals surface area contributed by atoms with E-state index in [9.17, 15) is 4.79 Å². The summed E-state index contributed by atoms with van der Waals surface area (Å²) < 4.78 is 5.39. The highest BCUT2D eigenvalue weighted by molar-refractivity contribution is 6.03. The van der Waals surface area contributed by atoms with Gasteiger partial charge in [-0.15, -0.1) is 0 Å². The van der Waals surface area contributed by atoms with Gasteiger partial charge in [0, 0.05) is 6.42 Å². The molecule has 0 radical (unpaired) electrons. The van der Waals surface area contributed by atoms with Crippen LogP contribution in [0.3, 0.4) is 0 Å². The molecule has 0 spiro atoms. The van der Waals surface area contributed by atoms with Crippen molar-refractivity contribution in [2.45, 2.75) is 39.0 Å². The van der Waals surface area contributed by atoms with Crippen LogP contribution in [0.5, 0.6) is 5.75 Å². The van der Waals surface area contributed by atoms with E-state index in [0.717, 1.165) is 29.1 Å². The molecule has 23 heavy (non-hydrogen) atoms. The molecule has 0 N–H and O–H groups in total. The molecule has 0 saturated carbocycles. The summed E-state index contributed by atoms with van der Waals surface area (Å²) in [6, 6.07) is 14.1. The molecule has 0 atom stereocenters. The zero-order chi connectivity index (χ0) is 16.6. The van der Waals surface area contributed by atoms with Crippen molar-refractivity contribution in [2.75, 3.05) is 12.0 Å². The summed E-state index contributed by atoms with van der Waals surface area (Å²) in [5.74, 6) is 0.968. The SMILES string of the molecule is COc1ccc(N2C(=O)CCc3ccccc32)c(C(C)(C)C)c1. The number of carbonyl (C=O) groups is 1. The second kappa shape index (κ2) is 5.73. The van der Waals surface area contributed by atoms with E-state index >= 15 is 0 Å². The molecule has 1 aliphatic rings. The quantitative estimate of drug-likeness (QED) is 0.811. The molecule has 0 fully saturated rings. The maximum absolute atomic E-state index is 12.7. The third-order valence-corrected chi connectivity index (χ3v) is 4.34. The lowest BCUT2D eigenvalue weighted by Crippen LogP contribution is -2.32. The Labute approximate surface area is 137 Å².